The summed E-state index contributed by atoms with van der Waals surface area (Å²) < 4.78 is 82.0. The van der Waals surface area contributed by atoms with Crippen molar-refractivity contribution in [3.05, 3.63) is 379 Å². The van der Waals surface area contributed by atoms with Gasteiger partial charge in [0.1, 0.15) is 160 Å². The number of phenols is 8. The van der Waals surface area contributed by atoms with Gasteiger partial charge in [0.25, 0.3) is 0 Å². The monoisotopic (exact) mass is 1960 g/mol. The highest BCUT2D eigenvalue weighted by Gasteiger charge is 2.34. The summed E-state index contributed by atoms with van der Waals surface area (Å²) >= 11 is 0. The predicted octanol–water partition coefficient (Wildman–Crippen LogP) is 19.4. The molecule has 21 rings (SSSR count). The molecule has 0 radical (unpaired) electrons. The average Bonchev–Trinajstić information content (AvgIpc) is 0.755. The van der Waals surface area contributed by atoms with E-state index in [1.165, 1.54) is 108 Å². The second-order valence-electron chi connectivity index (χ2n) is 31.7. The molecule has 30 nitrogen and oxygen atoms in total. The van der Waals surface area contributed by atoms with E-state index in [0.29, 0.717) is 101 Å². The van der Waals surface area contributed by atoms with Crippen LogP contribution >= 0.6 is 0 Å². The number of ether oxygens (including phenoxy) is 10. The van der Waals surface area contributed by atoms with Crippen molar-refractivity contribution >= 4 is 66.4 Å². The van der Waals surface area contributed by atoms with Crippen molar-refractivity contribution in [2.24, 2.45) is 0 Å². The lowest BCUT2D eigenvalue weighted by molar-refractivity contribution is -0.0000629. The van der Waals surface area contributed by atoms with Gasteiger partial charge >= 0.3 is 11.3 Å². The van der Waals surface area contributed by atoms with Gasteiger partial charge in [0, 0.05) is 119 Å². The van der Waals surface area contributed by atoms with Gasteiger partial charge in [0.2, 0.25) is 11.5 Å². The normalized spacial score (nSPS) is 12.4. The quantitative estimate of drug-likeness (QED) is 0.0430. The zero-order chi connectivity index (χ0) is 101. The summed E-state index contributed by atoms with van der Waals surface area (Å²) in [6, 6.07) is 88.3. The molecular formula is C113H91ClO30. The number of carbonyl (C=O) groups excluding carboxylic acids is 2. The first kappa shape index (κ1) is 101. The van der Waals surface area contributed by atoms with Crippen LogP contribution < -0.4 is 81.5 Å². The van der Waals surface area contributed by atoms with Crippen molar-refractivity contribution < 1.29 is 137 Å². The molecule has 2 atom stereocenters. The summed E-state index contributed by atoms with van der Waals surface area (Å²) in [7, 11) is 12.1. The topological polar surface area (TPSA) is 441 Å². The number of hydrogen-bond acceptors (Lipinski definition) is 29. The van der Waals surface area contributed by atoms with E-state index in [0.717, 1.165) is 57.3 Å². The fourth-order valence-electron chi connectivity index (χ4n) is 15.6. The Morgan fingerprint density at radius 1 is 0.278 bits per heavy atom. The first-order chi connectivity index (χ1) is 69.1. The fraction of sp³-hybridized carbons (Fsp3) is 0.106. The summed E-state index contributed by atoms with van der Waals surface area (Å²) in [5, 5.41) is 88.8. The summed E-state index contributed by atoms with van der Waals surface area (Å²) in [6.45, 7) is 0. The van der Waals surface area contributed by atoms with Crippen molar-refractivity contribution in [3.63, 3.8) is 0 Å². The van der Waals surface area contributed by atoms with Gasteiger partial charge in [0.05, 0.1) is 92.1 Å². The Morgan fingerprint density at radius 3 is 1.15 bits per heavy atom. The van der Waals surface area contributed by atoms with Crippen molar-refractivity contribution in [2.75, 3.05) is 56.9 Å². The number of carbonyl (C=O) groups is 2. The molecule has 0 saturated carbocycles. The van der Waals surface area contributed by atoms with E-state index in [9.17, 15) is 74.7 Å². The molecule has 0 bridgehead atoms. The van der Waals surface area contributed by atoms with Gasteiger partial charge in [-0.3, -0.25) is 28.8 Å². The predicted molar refractivity (Wildman–Crippen MR) is 536 cm³/mol. The number of halogens is 1. The Kier molecular flexibility index (Phi) is 32.0. The lowest BCUT2D eigenvalue weighted by atomic mass is 9.95. The molecule has 31 heteroatoms. The number of rotatable bonds is 15. The van der Waals surface area contributed by atoms with Crippen LogP contribution in [0.5, 0.6) is 109 Å². The smallest absolute Gasteiger partial charge is 0.402 e. The number of benzene rings is 14. The molecule has 0 saturated heterocycles. The molecule has 2 aliphatic heterocycles. The number of methoxy groups -OCH3 is 8. The van der Waals surface area contributed by atoms with Crippen LogP contribution in [0.25, 0.3) is 111 Å². The van der Waals surface area contributed by atoms with Crippen LogP contribution in [0.1, 0.15) is 56.9 Å². The van der Waals surface area contributed by atoms with E-state index in [1.807, 2.05) is 164 Å². The SMILES string of the molecule is COc1cc(-c2[o+]c3cc(O)cc(O)c3cc2O)ccc1O.COc1cc(OC)c2c(=O)cc(-c3ccccc3)oc2c1.COc1ccc(-c2cc(=O)c3c(OC)c(OC)c(OC)cc3o2)cc1.COc1ccc2c(=O)cc(-c3ccccc3)oc2c1.O=C1CC(c2ccccc2)Oc2cc(O)cc(O)c21.O=C1C[C@@H](c2ccccc2)Oc2cc(O)cc(O)c21.O=c1cc(-c2ccccc2)oc2cc(O)ccc12.[Cl-]. The summed E-state index contributed by atoms with van der Waals surface area (Å²) in [4.78, 5) is 73.2. The number of aromatic hydroxyl groups is 9. The molecule has 0 aliphatic carbocycles. The number of phenolic OH excluding ortho intramolecular Hbond substituents is 8. The third-order valence-corrected chi connectivity index (χ3v) is 22.5. The number of hydrogen-bond donors (Lipinski definition) is 9. The standard InChI is InChI=1S/C19H18O6.C17H14O4.C16H12O6.C16H12O3.2C15H12O4.C15H10O3.ClH/c1-21-12-7-5-11(6-8-12)14-9-13(20)17-15(25-14)10-16(22-2)18(23-3)19(17)24-4;1-19-12-8-15(20-2)17-13(18)10-14(21-16(17)9-12)11-6-4-3-5-7-11;1-21-15-4-8(2-3-11(15)18)16-13(20)7-10-12(19)5-9(17)6-14(10)22-16;1-18-12-7-8-13-14(17)10-15(19-16(13)9-12)11-5-3-2-4-6-11;2*16-10-6-11(17)15-12(18)8-13(19-14(15)7-10)9-4-2-1-3-5-9;16-11-6-7-12-13(17)9-14(18-15(12)8-11)10-4-2-1-3-5-10;/h5-10H,1-4H3;3-10H,1-2H3;2-7H,1H3,(H3-,17,18,19,20);2-10H,1H3;2*1-7,13,16-17H,8H2;1-9,16H;1H/t;;;;13-;;;/m....0.../s1. The van der Waals surface area contributed by atoms with Crippen molar-refractivity contribution in [3.8, 4) is 166 Å². The van der Waals surface area contributed by atoms with Crippen LogP contribution in [0.4, 0.5) is 0 Å². The van der Waals surface area contributed by atoms with Crippen LogP contribution in [0, 0.1) is 0 Å². The van der Waals surface area contributed by atoms with E-state index in [2.05, 4.69) is 0 Å². The number of fused-ring (bicyclic) bond motifs is 7. The zero-order valence-corrected chi connectivity index (χ0v) is 78.8. The van der Waals surface area contributed by atoms with Crippen LogP contribution in [0.2, 0.25) is 0 Å². The average molecular weight is 1960 g/mol. The maximum Gasteiger partial charge on any atom is 0.402 e. The second kappa shape index (κ2) is 45.6. The van der Waals surface area contributed by atoms with Gasteiger partial charge in [-0.25, -0.2) is 4.42 Å². The van der Waals surface area contributed by atoms with Gasteiger partial charge in [-0.2, -0.15) is 0 Å². The highest BCUT2D eigenvalue weighted by Crippen LogP contribution is 2.48. The molecular weight excluding hydrogens is 1870 g/mol. The summed E-state index contributed by atoms with van der Waals surface area (Å²) in [5.41, 5.74) is 7.24. The van der Waals surface area contributed by atoms with Crippen LogP contribution in [0.3, 0.4) is 0 Å². The molecule has 730 valence electrons. The molecule has 19 aromatic rings. The van der Waals surface area contributed by atoms with Gasteiger partial charge in [-0.15, -0.1) is 0 Å². The molecule has 14 aromatic carbocycles. The van der Waals surface area contributed by atoms with E-state index in [4.69, 9.17) is 69.5 Å². The Morgan fingerprint density at radius 2 is 0.681 bits per heavy atom. The van der Waals surface area contributed by atoms with E-state index in [-0.39, 0.29) is 173 Å². The molecule has 1 unspecified atom stereocenters. The minimum atomic E-state index is -0.387. The fourth-order valence-corrected chi connectivity index (χ4v) is 15.6. The minimum Gasteiger partial charge on any atom is -1.00 e. The maximum atomic E-state index is 12.7. The molecule has 144 heavy (non-hydrogen) atoms. The third-order valence-electron chi connectivity index (χ3n) is 22.5. The zero-order valence-electron chi connectivity index (χ0n) is 78.1. The molecule has 2 aliphatic rings. The number of ketones is 2. The van der Waals surface area contributed by atoms with Gasteiger partial charge < -0.3 is 123 Å². The molecule has 7 heterocycles. The molecule has 0 spiro atoms. The van der Waals surface area contributed by atoms with Crippen molar-refractivity contribution in [1.82, 2.24) is 0 Å². The maximum absolute atomic E-state index is 12.7. The largest absolute Gasteiger partial charge is 1.00 e. The first-order valence-electron chi connectivity index (χ1n) is 43.8. The second-order valence-corrected chi connectivity index (χ2v) is 31.7. The Labute approximate surface area is 825 Å². The van der Waals surface area contributed by atoms with Gasteiger partial charge in [0.15, 0.2) is 56.3 Å². The van der Waals surface area contributed by atoms with E-state index in [1.54, 1.807) is 82.0 Å². The highest BCUT2D eigenvalue weighted by atomic mass is 35.5. The van der Waals surface area contributed by atoms with E-state index < -0.39 is 0 Å². The molecule has 9 N–H and O–H groups in total. The lowest BCUT2D eigenvalue weighted by Gasteiger charge is -2.26. The van der Waals surface area contributed by atoms with Crippen LogP contribution in [0.15, 0.2) is 357 Å². The Bertz CT molecular complexity index is 8020. The van der Waals surface area contributed by atoms with Gasteiger partial charge in [-0.05, 0) is 71.8 Å². The third kappa shape index (κ3) is 23.1. The van der Waals surface area contributed by atoms with Crippen LogP contribution in [-0.2, 0) is 0 Å². The van der Waals surface area contributed by atoms with Crippen LogP contribution in [-0.4, -0.2) is 114 Å². The lowest BCUT2D eigenvalue weighted by Crippen LogP contribution is -3.00. The molecule has 0 amide bonds. The van der Waals surface area contributed by atoms with E-state index >= 15 is 0 Å². The van der Waals surface area contributed by atoms with Crippen molar-refractivity contribution in [2.45, 2.75) is 25.0 Å². The molecule has 5 aromatic heterocycles. The Balaban J connectivity index is 0.000000133. The number of Topliss-reactive ketones (excluding diaryl/α,β-unsaturated/α-hetero) is 2. The van der Waals surface area contributed by atoms with Crippen molar-refractivity contribution in [1.29, 1.82) is 0 Å². The minimum absolute atomic E-state index is 0. The molecule has 0 fully saturated rings. The highest BCUT2D eigenvalue weighted by molar-refractivity contribution is 6.04. The first-order valence-corrected chi connectivity index (χ1v) is 43.8. The van der Waals surface area contributed by atoms with Gasteiger partial charge in [-0.1, -0.05) is 152 Å². The summed E-state index contributed by atoms with van der Waals surface area (Å²) in [5.74, 6) is 4.64. The Hall–Kier alpha value is -18.8. The summed E-state index contributed by atoms with van der Waals surface area (Å²) in [6.07, 6.45) is -0.421.